The molecule has 4 N–H and O–H groups in total. The molecule has 0 spiro atoms. The van der Waals surface area contributed by atoms with Gasteiger partial charge in [0.1, 0.15) is 5.75 Å². The molecule has 6 nitrogen and oxygen atoms in total. The van der Waals surface area contributed by atoms with E-state index in [4.69, 9.17) is 17.3 Å². The second-order valence-electron chi connectivity index (χ2n) is 2.60. The summed E-state index contributed by atoms with van der Waals surface area (Å²) in [6.07, 6.45) is 1.18. The number of nitrogens with zero attached hydrogens (tertiary/aromatic N) is 1. The molecule has 0 fully saturated rings. The number of nitrogens with one attached hydrogen (secondary N) is 1. The van der Waals surface area contributed by atoms with Gasteiger partial charge in [-0.1, -0.05) is 11.6 Å². The Morgan fingerprint density at radius 3 is 2.80 bits per heavy atom. The maximum Gasteiger partial charge on any atom is 0.280 e. The first-order valence-corrected chi connectivity index (χ1v) is 4.31. The van der Waals surface area contributed by atoms with Crippen molar-refractivity contribution in [1.29, 1.82) is 0 Å². The van der Waals surface area contributed by atoms with Gasteiger partial charge >= 0.3 is 0 Å². The lowest BCUT2D eigenvalue weighted by Crippen LogP contribution is -2.35. The molecule has 0 aliphatic heterocycles. The predicted molar refractivity (Wildman–Crippen MR) is 52.4 cm³/mol. The van der Waals surface area contributed by atoms with Crippen molar-refractivity contribution in [2.45, 2.75) is 0 Å². The number of aromatic hydroxyl groups is 1. The molecule has 1 heterocycles. The third kappa shape index (κ3) is 2.90. The summed E-state index contributed by atoms with van der Waals surface area (Å²) in [7, 11) is 0. The lowest BCUT2D eigenvalue weighted by molar-refractivity contribution is -0.118. The Bertz CT molecular complexity index is 408. The fourth-order valence-electron chi connectivity index (χ4n) is 0.840. The Morgan fingerprint density at radius 1 is 1.60 bits per heavy atom. The highest BCUT2D eigenvalue weighted by Crippen LogP contribution is 2.18. The van der Waals surface area contributed by atoms with Gasteiger partial charge in [0.15, 0.2) is 5.69 Å². The van der Waals surface area contributed by atoms with Gasteiger partial charge in [-0.2, -0.15) is 0 Å². The second-order valence-corrected chi connectivity index (χ2v) is 3.04. The number of carbonyl (C=O) groups excluding carboxylic acids is 2. The van der Waals surface area contributed by atoms with Gasteiger partial charge < -0.3 is 10.8 Å². The molecule has 0 unspecified atom stereocenters. The van der Waals surface area contributed by atoms with E-state index >= 15 is 0 Å². The Morgan fingerprint density at radius 2 is 2.27 bits per heavy atom. The van der Waals surface area contributed by atoms with E-state index < -0.39 is 17.6 Å². The number of rotatable bonds is 2. The van der Waals surface area contributed by atoms with Gasteiger partial charge in [0.25, 0.3) is 5.91 Å². The molecule has 0 radical (unpaired) electrons. The second kappa shape index (κ2) is 4.72. The van der Waals surface area contributed by atoms with Crippen LogP contribution in [-0.4, -0.2) is 28.4 Å². The monoisotopic (exact) mass is 229 g/mol. The highest BCUT2D eigenvalue weighted by molar-refractivity contribution is 6.30. The van der Waals surface area contributed by atoms with Crippen LogP contribution in [0.15, 0.2) is 12.3 Å². The minimum Gasteiger partial charge on any atom is -0.505 e. The number of amides is 2. The van der Waals surface area contributed by atoms with Crippen LogP contribution in [-0.2, 0) is 4.79 Å². The van der Waals surface area contributed by atoms with Crippen LogP contribution in [0.25, 0.3) is 0 Å². The first-order chi connectivity index (χ1) is 7.04. The molecule has 2 amide bonds. The smallest absolute Gasteiger partial charge is 0.280 e. The number of pyridine rings is 1. The van der Waals surface area contributed by atoms with E-state index in [2.05, 4.69) is 4.98 Å². The molecular formula is C8H8ClN3O3. The van der Waals surface area contributed by atoms with Crippen molar-refractivity contribution in [3.63, 3.8) is 0 Å². The van der Waals surface area contributed by atoms with Gasteiger partial charge in [0, 0.05) is 12.3 Å². The molecule has 0 bridgehead atoms. The van der Waals surface area contributed by atoms with Gasteiger partial charge in [0.05, 0.1) is 11.6 Å². The van der Waals surface area contributed by atoms with Crippen LogP contribution in [0.5, 0.6) is 5.75 Å². The fourth-order valence-corrected chi connectivity index (χ4v) is 0.993. The van der Waals surface area contributed by atoms with Crippen molar-refractivity contribution < 1.29 is 14.7 Å². The SMILES string of the molecule is NCC(=O)NC(=O)c1ncc(Cl)cc1O. The zero-order valence-corrected chi connectivity index (χ0v) is 8.28. The molecule has 0 saturated carbocycles. The van der Waals surface area contributed by atoms with E-state index in [1.54, 1.807) is 0 Å². The molecule has 0 aliphatic rings. The van der Waals surface area contributed by atoms with Crippen molar-refractivity contribution in [2.24, 2.45) is 5.73 Å². The standard InChI is InChI=1S/C8H8ClN3O3/c9-4-1-5(13)7(11-3-4)8(15)12-6(14)2-10/h1,3,13H,2,10H2,(H,12,14,15). The van der Waals surface area contributed by atoms with E-state index in [0.717, 1.165) is 6.07 Å². The Labute approximate surface area is 90.1 Å². The highest BCUT2D eigenvalue weighted by Gasteiger charge is 2.15. The van der Waals surface area contributed by atoms with Crippen molar-refractivity contribution in [3.8, 4) is 5.75 Å². The highest BCUT2D eigenvalue weighted by atomic mass is 35.5. The zero-order chi connectivity index (χ0) is 11.4. The quantitative estimate of drug-likeness (QED) is 0.643. The fraction of sp³-hybridized carbons (Fsp3) is 0.125. The largest absolute Gasteiger partial charge is 0.505 e. The summed E-state index contributed by atoms with van der Waals surface area (Å²) in [5.74, 6) is -1.87. The van der Waals surface area contributed by atoms with Crippen LogP contribution in [0, 0.1) is 0 Å². The summed E-state index contributed by atoms with van der Waals surface area (Å²) in [5.41, 5.74) is 4.72. The van der Waals surface area contributed by atoms with E-state index in [0.29, 0.717) is 0 Å². The maximum atomic E-state index is 11.3. The summed E-state index contributed by atoms with van der Waals surface area (Å²) in [6, 6.07) is 1.15. The van der Waals surface area contributed by atoms with Crippen molar-refractivity contribution in [1.82, 2.24) is 10.3 Å². The first-order valence-electron chi connectivity index (χ1n) is 3.93. The van der Waals surface area contributed by atoms with Crippen LogP contribution in [0.3, 0.4) is 0 Å². The van der Waals surface area contributed by atoms with Crippen LogP contribution >= 0.6 is 11.6 Å². The predicted octanol–water partition coefficient (Wildman–Crippen LogP) is -0.344. The van der Waals surface area contributed by atoms with E-state index in [1.165, 1.54) is 6.20 Å². The van der Waals surface area contributed by atoms with Crippen LogP contribution < -0.4 is 11.1 Å². The Kier molecular flexibility index (Phi) is 3.59. The average Bonchev–Trinajstić information content (AvgIpc) is 2.17. The summed E-state index contributed by atoms with van der Waals surface area (Å²) in [5, 5.41) is 11.4. The lowest BCUT2D eigenvalue weighted by Gasteiger charge is -2.03. The number of aromatic nitrogens is 1. The number of imide groups is 1. The van der Waals surface area contributed by atoms with E-state index in [1.807, 2.05) is 5.32 Å². The minimum absolute atomic E-state index is 0.189. The summed E-state index contributed by atoms with van der Waals surface area (Å²) < 4.78 is 0. The van der Waals surface area contributed by atoms with Crippen molar-refractivity contribution in [3.05, 3.63) is 23.0 Å². The van der Waals surface area contributed by atoms with Gasteiger partial charge in [-0.25, -0.2) is 4.98 Å². The topological polar surface area (TPSA) is 105 Å². The number of carbonyl (C=O) groups is 2. The summed E-state index contributed by atoms with van der Waals surface area (Å²) >= 11 is 5.51. The first kappa shape index (κ1) is 11.4. The number of hydrogen-bond donors (Lipinski definition) is 3. The van der Waals surface area contributed by atoms with E-state index in [-0.39, 0.29) is 17.3 Å². The molecule has 1 rings (SSSR count). The molecule has 0 saturated heterocycles. The van der Waals surface area contributed by atoms with Crippen LogP contribution in [0.2, 0.25) is 5.02 Å². The molecule has 0 aliphatic carbocycles. The summed E-state index contributed by atoms with van der Waals surface area (Å²) in [6.45, 7) is -0.319. The third-order valence-corrected chi connectivity index (χ3v) is 1.69. The average molecular weight is 230 g/mol. The van der Waals surface area contributed by atoms with Crippen LogP contribution in [0.4, 0.5) is 0 Å². The zero-order valence-electron chi connectivity index (χ0n) is 7.53. The Balaban J connectivity index is 2.87. The molecule has 1 aromatic rings. The van der Waals surface area contributed by atoms with Gasteiger partial charge in [-0.15, -0.1) is 0 Å². The normalized spacial score (nSPS) is 9.73. The molecular weight excluding hydrogens is 222 g/mol. The summed E-state index contributed by atoms with van der Waals surface area (Å²) in [4.78, 5) is 25.7. The molecule has 15 heavy (non-hydrogen) atoms. The molecule has 0 aromatic carbocycles. The molecule has 80 valence electrons. The maximum absolute atomic E-state index is 11.3. The minimum atomic E-state index is -0.820. The molecule has 0 atom stereocenters. The van der Waals surface area contributed by atoms with Gasteiger partial charge in [0.2, 0.25) is 5.91 Å². The Hall–Kier alpha value is -1.66. The number of halogens is 1. The molecule has 7 heteroatoms. The number of nitrogens with two attached hydrogens (primary N) is 1. The number of hydrogen-bond acceptors (Lipinski definition) is 5. The van der Waals surface area contributed by atoms with Gasteiger partial charge in [-0.3, -0.25) is 14.9 Å². The van der Waals surface area contributed by atoms with Crippen LogP contribution in [0.1, 0.15) is 10.5 Å². The van der Waals surface area contributed by atoms with E-state index in [9.17, 15) is 14.7 Å². The lowest BCUT2D eigenvalue weighted by atomic mass is 10.3. The van der Waals surface area contributed by atoms with Crippen molar-refractivity contribution >= 4 is 23.4 Å². The molecule has 1 aromatic heterocycles. The van der Waals surface area contributed by atoms with Gasteiger partial charge in [-0.05, 0) is 0 Å². The van der Waals surface area contributed by atoms with Crippen molar-refractivity contribution in [2.75, 3.05) is 6.54 Å². The third-order valence-electron chi connectivity index (χ3n) is 1.49.